The number of nitrogens with one attached hydrogen (secondary N) is 1. The van der Waals surface area contributed by atoms with E-state index in [0.29, 0.717) is 9.81 Å². The topological polar surface area (TPSA) is 80.7 Å². The van der Waals surface area contributed by atoms with Gasteiger partial charge in [-0.05, 0) is 98.8 Å². The molecule has 2 N–H and O–H groups in total. The van der Waals surface area contributed by atoms with Crippen molar-refractivity contribution in [2.24, 2.45) is 5.92 Å². The summed E-state index contributed by atoms with van der Waals surface area (Å²) in [6.07, 6.45) is 15.2. The standard InChI is InChI=1S/C35H49N3O4S/c1-38(43-2,29-22-30(23-29)42-17-4-3-7-28-12-11-27-6-5-16-36-34(27)37-28)33(35(39)40)31-13-10-25(20-24-8-9-24)21-32(31)26-14-18-41-19-15-26/h10-13,21,24,26,29-30,33H,3-9,14-20,22-23H2,1-2H3,(H-,36,37,39,40)/p+1. The van der Waals surface area contributed by atoms with Gasteiger partial charge in [0, 0.05) is 56.7 Å². The number of aryl methyl sites for hydroxylation is 2. The fourth-order valence-corrected chi connectivity index (χ4v) is 8.26. The normalized spacial score (nSPS) is 24.3. The number of aromatic nitrogens is 1. The first-order chi connectivity index (χ1) is 20.9. The van der Waals surface area contributed by atoms with Crippen LogP contribution in [0.4, 0.5) is 5.82 Å². The summed E-state index contributed by atoms with van der Waals surface area (Å²) in [5.74, 6) is 1.52. The lowest BCUT2D eigenvalue weighted by Crippen LogP contribution is -2.58. The van der Waals surface area contributed by atoms with Gasteiger partial charge in [-0.3, -0.25) is 0 Å². The average molecular weight is 609 g/mol. The van der Waals surface area contributed by atoms with Crippen molar-refractivity contribution in [1.82, 2.24) is 4.98 Å². The molecule has 7 nitrogen and oxygen atoms in total. The Labute approximate surface area is 261 Å². The third-order valence-corrected chi connectivity index (χ3v) is 11.7. The molecule has 8 heteroatoms. The maximum Gasteiger partial charge on any atom is 0.368 e. The summed E-state index contributed by atoms with van der Waals surface area (Å²) in [6.45, 7) is 3.28. The minimum atomic E-state index is -0.726. The first-order valence-corrected chi connectivity index (χ1v) is 17.8. The highest BCUT2D eigenvalue weighted by Crippen LogP contribution is 2.47. The van der Waals surface area contributed by atoms with Crippen LogP contribution in [0, 0.1) is 5.92 Å². The zero-order chi connectivity index (χ0) is 29.8. The van der Waals surface area contributed by atoms with Crippen molar-refractivity contribution in [3.8, 4) is 0 Å². The van der Waals surface area contributed by atoms with Crippen molar-refractivity contribution in [3.05, 3.63) is 58.3 Å². The van der Waals surface area contributed by atoms with Gasteiger partial charge in [0.25, 0.3) is 0 Å². The quantitative estimate of drug-likeness (QED) is 0.140. The number of carboxylic acids is 1. The molecule has 1 saturated heterocycles. The molecular formula is C35H50N3O4S+. The highest BCUT2D eigenvalue weighted by Gasteiger charge is 2.52. The Morgan fingerprint density at radius 1 is 1.16 bits per heavy atom. The Morgan fingerprint density at radius 2 is 1.98 bits per heavy atom. The minimum Gasteiger partial charge on any atom is -0.477 e. The van der Waals surface area contributed by atoms with Gasteiger partial charge in [0.15, 0.2) is 0 Å². The third kappa shape index (κ3) is 7.24. The van der Waals surface area contributed by atoms with E-state index in [2.05, 4.69) is 49.0 Å². The number of aliphatic carboxylic acids is 1. The maximum atomic E-state index is 13.1. The Hall–Kier alpha value is -2.13. The molecule has 2 atom stereocenters. The SMILES string of the molecule is CS[N+](C)(C1CC(OCCCCc2ccc3c(n2)NCCC3)C1)C(C(=O)O)c1ccc(CC2CC2)cc1C1CCOCC1. The predicted octanol–water partition coefficient (Wildman–Crippen LogP) is 6.71. The number of hydrogen-bond acceptors (Lipinski definition) is 6. The van der Waals surface area contributed by atoms with Gasteiger partial charge < -0.3 is 19.9 Å². The molecular weight excluding hydrogens is 558 g/mol. The number of benzene rings is 1. The number of ether oxygens (including phenoxy) is 2. The molecule has 43 heavy (non-hydrogen) atoms. The predicted molar refractivity (Wildman–Crippen MR) is 172 cm³/mol. The third-order valence-electron chi connectivity index (χ3n) is 10.4. The lowest BCUT2D eigenvalue weighted by atomic mass is 9.82. The van der Waals surface area contributed by atoms with Crippen molar-refractivity contribution >= 4 is 23.7 Å². The van der Waals surface area contributed by atoms with E-state index in [1.54, 1.807) is 11.9 Å². The van der Waals surface area contributed by atoms with Crippen LogP contribution >= 0.6 is 11.9 Å². The lowest BCUT2D eigenvalue weighted by Gasteiger charge is -2.49. The molecule has 3 heterocycles. The van der Waals surface area contributed by atoms with Crippen molar-refractivity contribution in [2.75, 3.05) is 45.0 Å². The van der Waals surface area contributed by atoms with E-state index in [9.17, 15) is 9.90 Å². The number of carbonyl (C=O) groups is 1. The summed E-state index contributed by atoms with van der Waals surface area (Å²) >= 11 is 1.67. The average Bonchev–Trinajstić information content (AvgIpc) is 3.82. The number of quaternary nitrogens is 1. The molecule has 2 unspecified atom stereocenters. The summed E-state index contributed by atoms with van der Waals surface area (Å²) < 4.78 is 12.4. The zero-order valence-electron chi connectivity index (χ0n) is 26.1. The minimum absolute atomic E-state index is 0.214. The second kappa shape index (κ2) is 13.9. The van der Waals surface area contributed by atoms with Gasteiger partial charge in [-0.1, -0.05) is 24.3 Å². The molecule has 2 aliphatic carbocycles. The Bertz CT molecular complexity index is 1260. The summed E-state index contributed by atoms with van der Waals surface area (Å²) in [6, 6.07) is 10.8. The number of unbranched alkanes of at least 4 members (excludes halogenated alkanes) is 1. The molecule has 1 aromatic heterocycles. The Morgan fingerprint density at radius 3 is 2.72 bits per heavy atom. The van der Waals surface area contributed by atoms with E-state index >= 15 is 0 Å². The summed E-state index contributed by atoms with van der Waals surface area (Å²) in [7, 11) is 2.14. The van der Waals surface area contributed by atoms with Crippen molar-refractivity contribution < 1.29 is 23.3 Å². The molecule has 0 bridgehead atoms. The summed E-state index contributed by atoms with van der Waals surface area (Å²) in [4.78, 5) is 17.9. The fraction of sp³-hybridized carbons (Fsp3) is 0.657. The van der Waals surface area contributed by atoms with Gasteiger partial charge in [0.05, 0.1) is 25.1 Å². The molecule has 2 aromatic rings. The molecule has 0 amide bonds. The lowest BCUT2D eigenvalue weighted by molar-refractivity contribution is -0.834. The number of hydrogen-bond donors (Lipinski definition) is 2. The van der Waals surface area contributed by atoms with E-state index in [4.69, 9.17) is 14.5 Å². The van der Waals surface area contributed by atoms with Crippen molar-refractivity contribution in [3.63, 3.8) is 0 Å². The van der Waals surface area contributed by atoms with Crippen molar-refractivity contribution in [1.29, 1.82) is 0 Å². The van der Waals surface area contributed by atoms with E-state index in [1.807, 2.05) is 0 Å². The van der Waals surface area contributed by atoms with Crippen LogP contribution in [-0.4, -0.2) is 71.8 Å². The highest BCUT2D eigenvalue weighted by atomic mass is 32.2. The number of pyridine rings is 1. The van der Waals surface area contributed by atoms with Crippen LogP contribution in [0.25, 0.3) is 0 Å². The van der Waals surface area contributed by atoms with Gasteiger partial charge in [-0.2, -0.15) is 0 Å². The van der Waals surface area contributed by atoms with Crippen molar-refractivity contribution in [2.45, 2.75) is 101 Å². The molecule has 2 saturated carbocycles. The second-order valence-corrected chi connectivity index (χ2v) is 14.5. The molecule has 6 rings (SSSR count). The van der Waals surface area contributed by atoms with Crippen LogP contribution in [0.3, 0.4) is 0 Å². The second-order valence-electron chi connectivity index (χ2n) is 13.4. The van der Waals surface area contributed by atoms with Gasteiger partial charge in [0.1, 0.15) is 11.9 Å². The van der Waals surface area contributed by atoms with Crippen LogP contribution < -0.4 is 5.32 Å². The van der Waals surface area contributed by atoms with Crippen LogP contribution in [0.15, 0.2) is 30.3 Å². The largest absolute Gasteiger partial charge is 0.477 e. The number of carboxylic acid groups (broad SMARTS) is 1. The maximum absolute atomic E-state index is 13.1. The van der Waals surface area contributed by atoms with Gasteiger partial charge in [0.2, 0.25) is 6.04 Å². The number of rotatable bonds is 14. The molecule has 0 spiro atoms. The molecule has 234 valence electrons. The molecule has 0 radical (unpaired) electrons. The van der Waals surface area contributed by atoms with E-state index in [0.717, 1.165) is 107 Å². The molecule has 1 aromatic carbocycles. The molecule has 3 fully saturated rings. The first kappa shape index (κ1) is 30.9. The van der Waals surface area contributed by atoms with Gasteiger partial charge in [-0.15, -0.1) is 0 Å². The molecule has 2 aliphatic heterocycles. The van der Waals surface area contributed by atoms with E-state index < -0.39 is 12.0 Å². The fourth-order valence-electron chi connectivity index (χ4n) is 7.37. The Balaban J connectivity index is 1.06. The number of fused-ring (bicyclic) bond motifs is 1. The first-order valence-electron chi connectivity index (χ1n) is 16.6. The van der Waals surface area contributed by atoms with Crippen LogP contribution in [0.5, 0.6) is 0 Å². The zero-order valence-corrected chi connectivity index (χ0v) is 26.9. The monoisotopic (exact) mass is 608 g/mol. The number of anilines is 1. The van der Waals surface area contributed by atoms with Crippen LogP contribution in [0.2, 0.25) is 0 Å². The molecule has 4 aliphatic rings. The van der Waals surface area contributed by atoms with Crippen LogP contribution in [-0.2, 0) is 33.5 Å². The summed E-state index contributed by atoms with van der Waals surface area (Å²) in [5, 5.41) is 14.2. The van der Waals surface area contributed by atoms with Gasteiger partial charge in [-0.25, -0.2) is 13.7 Å². The number of nitrogens with zero attached hydrogens (tertiary/aromatic N) is 2. The van der Waals surface area contributed by atoms with E-state index in [-0.39, 0.29) is 12.1 Å². The smallest absolute Gasteiger partial charge is 0.368 e. The van der Waals surface area contributed by atoms with Crippen LogP contribution in [0.1, 0.15) is 97.7 Å². The summed E-state index contributed by atoms with van der Waals surface area (Å²) in [5.41, 5.74) is 6.12. The Kier molecular flexibility index (Phi) is 9.97. The van der Waals surface area contributed by atoms with E-state index in [1.165, 1.54) is 36.0 Å². The highest BCUT2D eigenvalue weighted by molar-refractivity contribution is 7.93. The number of likely N-dealkylation sites (N-methyl/N-ethyl adjacent to an activating group) is 1. The van der Waals surface area contributed by atoms with Gasteiger partial charge >= 0.3 is 5.97 Å².